The maximum absolute atomic E-state index is 12.5. The molecule has 0 N–H and O–H groups in total. The molecule has 0 atom stereocenters. The predicted octanol–water partition coefficient (Wildman–Crippen LogP) is 1.46. The van der Waals surface area contributed by atoms with Crippen molar-refractivity contribution in [3.05, 3.63) is 36.2 Å². The maximum Gasteiger partial charge on any atom is 0.312 e. The molecular formula is C18H18N4O3. The second kappa shape index (κ2) is 5.15. The van der Waals surface area contributed by atoms with Gasteiger partial charge in [0.2, 0.25) is 0 Å². The SMILES string of the molecule is O=C1C(=O)N(C23CC(C2)C3)CCN1Cc1cc(-c2ccccn2)on1. The number of piperazine rings is 1. The Kier molecular flexibility index (Phi) is 3.01. The number of pyridine rings is 1. The summed E-state index contributed by atoms with van der Waals surface area (Å²) < 4.78 is 5.32. The monoisotopic (exact) mass is 338 g/mol. The molecule has 3 aliphatic carbocycles. The summed E-state index contributed by atoms with van der Waals surface area (Å²) in [4.78, 5) is 32.6. The van der Waals surface area contributed by atoms with Crippen molar-refractivity contribution >= 4 is 11.8 Å². The van der Waals surface area contributed by atoms with E-state index in [1.165, 1.54) is 0 Å². The molecule has 0 unspecified atom stereocenters. The molecule has 2 bridgehead atoms. The number of hydrogen-bond donors (Lipinski definition) is 0. The third kappa shape index (κ3) is 2.18. The molecule has 4 fully saturated rings. The van der Waals surface area contributed by atoms with Crippen molar-refractivity contribution in [2.75, 3.05) is 13.1 Å². The molecule has 0 spiro atoms. The summed E-state index contributed by atoms with van der Waals surface area (Å²) in [5.74, 6) is 0.541. The minimum absolute atomic E-state index is 0.00351. The van der Waals surface area contributed by atoms with E-state index < -0.39 is 5.91 Å². The van der Waals surface area contributed by atoms with E-state index in [1.807, 2.05) is 23.1 Å². The minimum Gasteiger partial charge on any atom is -0.354 e. The highest BCUT2D eigenvalue weighted by molar-refractivity contribution is 6.35. The minimum atomic E-state index is -0.432. The van der Waals surface area contributed by atoms with Gasteiger partial charge in [0.25, 0.3) is 0 Å². The van der Waals surface area contributed by atoms with Crippen LogP contribution in [0.3, 0.4) is 0 Å². The number of aromatic nitrogens is 2. The van der Waals surface area contributed by atoms with E-state index in [0.717, 1.165) is 25.2 Å². The van der Waals surface area contributed by atoms with Crippen molar-refractivity contribution < 1.29 is 14.1 Å². The van der Waals surface area contributed by atoms with Gasteiger partial charge < -0.3 is 14.3 Å². The first-order valence-corrected chi connectivity index (χ1v) is 8.62. The van der Waals surface area contributed by atoms with Crippen LogP contribution in [0.4, 0.5) is 0 Å². The summed E-state index contributed by atoms with van der Waals surface area (Å²) in [7, 11) is 0. The van der Waals surface area contributed by atoms with Crippen molar-refractivity contribution in [1.82, 2.24) is 19.9 Å². The molecule has 3 saturated carbocycles. The fourth-order valence-corrected chi connectivity index (χ4v) is 4.25. The van der Waals surface area contributed by atoms with Crippen LogP contribution in [0.15, 0.2) is 35.0 Å². The molecule has 0 aromatic carbocycles. The Morgan fingerprint density at radius 1 is 1.16 bits per heavy atom. The van der Waals surface area contributed by atoms with Crippen LogP contribution in [0.2, 0.25) is 0 Å². The number of hydrogen-bond acceptors (Lipinski definition) is 5. The summed E-state index contributed by atoms with van der Waals surface area (Å²) in [6, 6.07) is 7.31. The highest BCUT2D eigenvalue weighted by Crippen LogP contribution is 2.60. The van der Waals surface area contributed by atoms with E-state index in [4.69, 9.17) is 4.52 Å². The van der Waals surface area contributed by atoms with Crippen molar-refractivity contribution in [3.63, 3.8) is 0 Å². The van der Waals surface area contributed by atoms with E-state index in [1.54, 1.807) is 17.2 Å². The smallest absolute Gasteiger partial charge is 0.312 e. The first-order chi connectivity index (χ1) is 12.1. The molecule has 0 radical (unpaired) electrons. The standard InChI is InChI=1S/C18H18N4O3/c23-16-17(24)22(18-8-12(9-18)10-18)6-5-21(16)11-13-7-15(25-20-13)14-3-1-2-4-19-14/h1-4,7,12H,5-6,8-11H2. The van der Waals surface area contributed by atoms with Crippen molar-refractivity contribution in [2.45, 2.75) is 31.3 Å². The van der Waals surface area contributed by atoms with Gasteiger partial charge in [0.1, 0.15) is 11.4 Å². The number of amides is 2. The van der Waals surface area contributed by atoms with Gasteiger partial charge in [-0.3, -0.25) is 14.6 Å². The highest BCUT2D eigenvalue weighted by Gasteiger charge is 2.62. The normalized spacial score (nSPS) is 27.9. The zero-order valence-corrected chi connectivity index (χ0v) is 13.7. The van der Waals surface area contributed by atoms with Crippen molar-refractivity contribution in [2.24, 2.45) is 5.92 Å². The van der Waals surface area contributed by atoms with E-state index in [9.17, 15) is 9.59 Å². The Hall–Kier alpha value is -2.70. The van der Waals surface area contributed by atoms with Crippen LogP contribution in [0.5, 0.6) is 0 Å². The predicted molar refractivity (Wildman–Crippen MR) is 86.9 cm³/mol. The molecule has 1 aliphatic heterocycles. The third-order valence-electron chi connectivity index (χ3n) is 5.72. The summed E-state index contributed by atoms with van der Waals surface area (Å²) in [5.41, 5.74) is 1.32. The van der Waals surface area contributed by atoms with Gasteiger partial charge in [0.15, 0.2) is 5.76 Å². The van der Waals surface area contributed by atoms with Gasteiger partial charge in [-0.05, 0) is 37.3 Å². The van der Waals surface area contributed by atoms with Crippen molar-refractivity contribution in [1.29, 1.82) is 0 Å². The lowest BCUT2D eigenvalue weighted by atomic mass is 9.49. The summed E-state index contributed by atoms with van der Waals surface area (Å²) in [6.07, 6.45) is 4.90. The largest absolute Gasteiger partial charge is 0.354 e. The lowest BCUT2D eigenvalue weighted by molar-refractivity contribution is -0.186. The van der Waals surface area contributed by atoms with E-state index in [-0.39, 0.29) is 18.0 Å². The zero-order valence-electron chi connectivity index (χ0n) is 13.7. The van der Waals surface area contributed by atoms with Crippen molar-refractivity contribution in [3.8, 4) is 11.5 Å². The molecule has 4 aliphatic rings. The first-order valence-electron chi connectivity index (χ1n) is 8.62. The number of rotatable bonds is 4. The molecule has 2 aromatic heterocycles. The Morgan fingerprint density at radius 2 is 2.00 bits per heavy atom. The number of nitrogens with zero attached hydrogens (tertiary/aromatic N) is 4. The van der Waals surface area contributed by atoms with Gasteiger partial charge in [0, 0.05) is 30.9 Å². The summed E-state index contributed by atoms with van der Waals surface area (Å²) >= 11 is 0. The van der Waals surface area contributed by atoms with Gasteiger partial charge in [-0.15, -0.1) is 0 Å². The van der Waals surface area contributed by atoms with Crippen LogP contribution >= 0.6 is 0 Å². The fourth-order valence-electron chi connectivity index (χ4n) is 4.25. The average molecular weight is 338 g/mol. The van der Waals surface area contributed by atoms with Gasteiger partial charge >= 0.3 is 11.8 Å². The quantitative estimate of drug-likeness (QED) is 0.789. The number of carbonyl (C=O) groups is 2. The molecule has 2 amide bonds. The maximum atomic E-state index is 12.5. The van der Waals surface area contributed by atoms with Gasteiger partial charge in [-0.25, -0.2) is 0 Å². The molecular weight excluding hydrogens is 320 g/mol. The molecule has 1 saturated heterocycles. The Morgan fingerprint density at radius 3 is 2.68 bits per heavy atom. The second-order valence-corrected chi connectivity index (χ2v) is 7.28. The third-order valence-corrected chi connectivity index (χ3v) is 5.72. The molecule has 3 heterocycles. The Labute approximate surface area is 144 Å². The van der Waals surface area contributed by atoms with E-state index in [2.05, 4.69) is 10.1 Å². The topological polar surface area (TPSA) is 79.5 Å². The summed E-state index contributed by atoms with van der Waals surface area (Å²) in [6.45, 7) is 1.44. The molecule has 6 rings (SSSR count). The molecule has 25 heavy (non-hydrogen) atoms. The molecule has 7 nitrogen and oxygen atoms in total. The van der Waals surface area contributed by atoms with Crippen LogP contribution in [-0.2, 0) is 16.1 Å². The van der Waals surface area contributed by atoms with Crippen LogP contribution < -0.4 is 0 Å². The van der Waals surface area contributed by atoms with Gasteiger partial charge in [0.05, 0.1) is 6.54 Å². The van der Waals surface area contributed by atoms with Crippen LogP contribution in [0.25, 0.3) is 11.5 Å². The van der Waals surface area contributed by atoms with E-state index >= 15 is 0 Å². The lowest BCUT2D eigenvalue weighted by Gasteiger charge is -2.66. The zero-order chi connectivity index (χ0) is 17.0. The fraction of sp³-hybridized carbons (Fsp3) is 0.444. The van der Waals surface area contributed by atoms with Gasteiger partial charge in [-0.1, -0.05) is 11.2 Å². The van der Waals surface area contributed by atoms with Crippen LogP contribution in [0.1, 0.15) is 25.0 Å². The Bertz CT molecular complexity index is 830. The van der Waals surface area contributed by atoms with Gasteiger partial charge in [-0.2, -0.15) is 0 Å². The van der Waals surface area contributed by atoms with Crippen LogP contribution in [-0.4, -0.2) is 50.4 Å². The lowest BCUT2D eigenvalue weighted by Crippen LogP contribution is -2.73. The van der Waals surface area contributed by atoms with Crippen LogP contribution in [0, 0.1) is 5.92 Å². The highest BCUT2D eigenvalue weighted by atomic mass is 16.5. The average Bonchev–Trinajstić information content (AvgIpc) is 3.01. The van der Waals surface area contributed by atoms with E-state index in [0.29, 0.717) is 30.2 Å². The second-order valence-electron chi connectivity index (χ2n) is 7.28. The Balaban J connectivity index is 1.28. The molecule has 7 heteroatoms. The number of carbonyl (C=O) groups excluding carboxylic acids is 2. The molecule has 128 valence electrons. The summed E-state index contributed by atoms with van der Waals surface area (Å²) in [5, 5.41) is 4.02. The first kappa shape index (κ1) is 14.6. The molecule has 2 aromatic rings.